The number of rotatable bonds is 1. The summed E-state index contributed by atoms with van der Waals surface area (Å²) in [6.07, 6.45) is 4.52. The van der Waals surface area contributed by atoms with E-state index in [9.17, 15) is 10.1 Å². The molecule has 0 bridgehead atoms. The summed E-state index contributed by atoms with van der Waals surface area (Å²) < 4.78 is 15.3. The average molecular weight is 183 g/mol. The number of allylic oxidation sites excluding steroid dienone is 2. The Morgan fingerprint density at radius 2 is 2.38 bits per heavy atom. The topological polar surface area (TPSA) is 74.1 Å². The van der Waals surface area contributed by atoms with Crippen molar-refractivity contribution < 1.29 is 19.1 Å². The predicted octanol–water partition coefficient (Wildman–Crippen LogP) is 0.144. The molecule has 6 nitrogen and oxygen atoms in total. The van der Waals surface area contributed by atoms with Gasteiger partial charge in [0.15, 0.2) is 6.79 Å². The molecule has 6 heteroatoms. The Bertz CT molecular complexity index is 362. The Morgan fingerprint density at radius 1 is 1.54 bits per heavy atom. The Kier molecular flexibility index (Phi) is 1.00. The van der Waals surface area contributed by atoms with Crippen LogP contribution in [0.4, 0.5) is 0 Å². The minimum Gasteiger partial charge on any atom is -0.314 e. The van der Waals surface area contributed by atoms with Crippen LogP contribution >= 0.6 is 0 Å². The molecule has 2 saturated heterocycles. The zero-order chi connectivity index (χ0) is 9.10. The summed E-state index contributed by atoms with van der Waals surface area (Å²) in [4.78, 5) is 10.1. The normalized spacial score (nSPS) is 45.1. The number of hydrogen-bond acceptors (Lipinski definition) is 5. The van der Waals surface area contributed by atoms with E-state index in [2.05, 4.69) is 0 Å². The van der Waals surface area contributed by atoms with Crippen LogP contribution in [0.15, 0.2) is 23.9 Å². The second kappa shape index (κ2) is 1.82. The lowest BCUT2D eigenvalue weighted by Gasteiger charge is -2.06. The summed E-state index contributed by atoms with van der Waals surface area (Å²) in [7, 11) is 0. The summed E-state index contributed by atoms with van der Waals surface area (Å²) in [5.74, 6) is -2.30. The maximum Gasteiger partial charge on any atom is 0.327 e. The average Bonchev–Trinajstić information content (AvgIpc) is 2.60. The van der Waals surface area contributed by atoms with Gasteiger partial charge in [0.2, 0.25) is 0 Å². The lowest BCUT2D eigenvalue weighted by atomic mass is 10.1. The first-order chi connectivity index (χ1) is 6.20. The summed E-state index contributed by atoms with van der Waals surface area (Å²) in [5, 5.41) is 10.6. The predicted molar refractivity (Wildman–Crippen MR) is 37.8 cm³/mol. The fraction of sp³-hybridized carbons (Fsp3) is 0.429. The molecule has 2 aliphatic heterocycles. The van der Waals surface area contributed by atoms with Crippen LogP contribution < -0.4 is 0 Å². The van der Waals surface area contributed by atoms with E-state index in [1.54, 1.807) is 6.08 Å². The summed E-state index contributed by atoms with van der Waals surface area (Å²) in [6, 6.07) is 0. The second-order valence-electron chi connectivity index (χ2n) is 2.96. The van der Waals surface area contributed by atoms with Gasteiger partial charge in [0.25, 0.3) is 5.79 Å². The van der Waals surface area contributed by atoms with Gasteiger partial charge in [-0.1, -0.05) is 6.08 Å². The number of nitrogens with zero attached hydrogens (tertiary/aromatic N) is 1. The van der Waals surface area contributed by atoms with E-state index < -0.39 is 16.5 Å². The van der Waals surface area contributed by atoms with Crippen LogP contribution in [0.2, 0.25) is 0 Å². The molecule has 2 heterocycles. The summed E-state index contributed by atoms with van der Waals surface area (Å²) in [5.41, 5.74) is -0.104. The maximum absolute atomic E-state index is 10.6. The largest absolute Gasteiger partial charge is 0.327 e. The Balaban J connectivity index is 2.11. The minimum absolute atomic E-state index is 0.0233. The third kappa shape index (κ3) is 0.611. The molecule has 0 aromatic rings. The van der Waals surface area contributed by atoms with Gasteiger partial charge in [-0.25, -0.2) is 0 Å². The van der Waals surface area contributed by atoms with Gasteiger partial charge < -0.3 is 9.47 Å². The first-order valence-electron chi connectivity index (χ1n) is 3.73. The maximum atomic E-state index is 10.6. The quantitative estimate of drug-likeness (QED) is 0.328. The van der Waals surface area contributed by atoms with E-state index in [0.717, 1.165) is 0 Å². The van der Waals surface area contributed by atoms with Gasteiger partial charge in [-0.05, 0) is 6.08 Å². The van der Waals surface area contributed by atoms with Gasteiger partial charge >= 0.3 is 11.5 Å². The monoisotopic (exact) mass is 183 g/mol. The first kappa shape index (κ1) is 7.19. The highest BCUT2D eigenvalue weighted by molar-refractivity contribution is 5.37. The van der Waals surface area contributed by atoms with E-state index in [-0.39, 0.29) is 12.5 Å². The van der Waals surface area contributed by atoms with Gasteiger partial charge in [0, 0.05) is 6.08 Å². The molecule has 2 fully saturated rings. The van der Waals surface area contributed by atoms with Gasteiger partial charge in [0.05, 0.1) is 4.92 Å². The molecule has 0 amide bonds. The van der Waals surface area contributed by atoms with Gasteiger partial charge in [-0.15, -0.1) is 0 Å². The van der Waals surface area contributed by atoms with E-state index in [4.69, 9.17) is 14.2 Å². The fourth-order valence-corrected chi connectivity index (χ4v) is 1.70. The summed E-state index contributed by atoms with van der Waals surface area (Å²) >= 11 is 0. The van der Waals surface area contributed by atoms with Crippen LogP contribution in [0.1, 0.15) is 0 Å². The first-order valence-corrected chi connectivity index (χ1v) is 3.73. The van der Waals surface area contributed by atoms with Crippen LogP contribution in [-0.2, 0) is 14.2 Å². The SMILES string of the molecule is O=[N+]([O-])C1=CC=CC23OCOC12O3. The van der Waals surface area contributed by atoms with Gasteiger partial charge in [-0.2, -0.15) is 0 Å². The van der Waals surface area contributed by atoms with Crippen LogP contribution in [0.25, 0.3) is 0 Å². The van der Waals surface area contributed by atoms with E-state index in [1.165, 1.54) is 12.2 Å². The van der Waals surface area contributed by atoms with Crippen molar-refractivity contribution in [2.75, 3.05) is 6.79 Å². The molecule has 0 aromatic carbocycles. The standard InChI is InChI=1S/C7H5NO5/c9-8(10)5-2-1-3-6-7(5,13-6)12-4-11-6/h1-3H,4H2. The van der Waals surface area contributed by atoms with Crippen molar-refractivity contribution in [1.29, 1.82) is 0 Å². The lowest BCUT2D eigenvalue weighted by Crippen LogP contribution is -2.29. The van der Waals surface area contributed by atoms with E-state index in [0.29, 0.717) is 0 Å². The van der Waals surface area contributed by atoms with Gasteiger partial charge in [-0.3, -0.25) is 14.9 Å². The number of ether oxygens (including phenoxy) is 3. The molecule has 2 atom stereocenters. The van der Waals surface area contributed by atoms with Crippen LogP contribution in [-0.4, -0.2) is 23.3 Å². The lowest BCUT2D eigenvalue weighted by molar-refractivity contribution is -0.444. The zero-order valence-electron chi connectivity index (χ0n) is 6.43. The van der Waals surface area contributed by atoms with Crippen LogP contribution in [0, 0.1) is 10.1 Å². The van der Waals surface area contributed by atoms with Crippen molar-refractivity contribution in [3.05, 3.63) is 34.0 Å². The molecule has 3 rings (SSSR count). The highest BCUT2D eigenvalue weighted by Crippen LogP contribution is 2.60. The van der Waals surface area contributed by atoms with E-state index in [1.807, 2.05) is 0 Å². The Hall–Kier alpha value is -1.24. The molecule has 0 saturated carbocycles. The molecule has 2 unspecified atom stereocenters. The third-order valence-electron chi connectivity index (χ3n) is 2.35. The van der Waals surface area contributed by atoms with Crippen molar-refractivity contribution in [2.24, 2.45) is 0 Å². The van der Waals surface area contributed by atoms with Crippen molar-refractivity contribution in [2.45, 2.75) is 11.6 Å². The minimum atomic E-state index is -1.27. The Labute approximate surface area is 72.5 Å². The molecule has 0 radical (unpaired) electrons. The van der Waals surface area contributed by atoms with E-state index >= 15 is 0 Å². The van der Waals surface area contributed by atoms with Crippen molar-refractivity contribution >= 4 is 0 Å². The summed E-state index contributed by atoms with van der Waals surface area (Å²) in [6.45, 7) is 0.0233. The molecule has 0 spiro atoms. The van der Waals surface area contributed by atoms with Crippen molar-refractivity contribution in [1.82, 2.24) is 0 Å². The van der Waals surface area contributed by atoms with Crippen molar-refractivity contribution in [3.63, 3.8) is 0 Å². The molecule has 0 N–H and O–H groups in total. The molecular weight excluding hydrogens is 178 g/mol. The van der Waals surface area contributed by atoms with Crippen LogP contribution in [0.5, 0.6) is 0 Å². The van der Waals surface area contributed by atoms with Crippen LogP contribution in [0.3, 0.4) is 0 Å². The zero-order valence-corrected chi connectivity index (χ0v) is 6.43. The van der Waals surface area contributed by atoms with Crippen molar-refractivity contribution in [3.8, 4) is 0 Å². The third-order valence-corrected chi connectivity index (χ3v) is 2.35. The smallest absolute Gasteiger partial charge is 0.314 e. The second-order valence-corrected chi connectivity index (χ2v) is 2.96. The fourth-order valence-electron chi connectivity index (χ4n) is 1.70. The van der Waals surface area contributed by atoms with Gasteiger partial charge in [0.1, 0.15) is 0 Å². The molecule has 68 valence electrons. The molecule has 3 aliphatic rings. The number of epoxide rings is 1. The molecular formula is C7H5NO5. The number of hydrogen-bond donors (Lipinski definition) is 0. The highest BCUT2D eigenvalue weighted by Gasteiger charge is 2.83. The molecule has 13 heavy (non-hydrogen) atoms. The molecule has 0 aromatic heterocycles. The number of nitro groups is 1. The Morgan fingerprint density at radius 3 is 3.15 bits per heavy atom. The highest BCUT2D eigenvalue weighted by atomic mass is 17.0. The molecule has 1 aliphatic carbocycles.